The predicted octanol–water partition coefficient (Wildman–Crippen LogP) is 1.76. The Morgan fingerprint density at radius 1 is 1.45 bits per heavy atom. The molecule has 20 heavy (non-hydrogen) atoms. The van der Waals surface area contributed by atoms with Gasteiger partial charge in [-0.1, -0.05) is 0 Å². The number of hydrogen-bond donors (Lipinski definition) is 1. The average Bonchev–Trinajstić information content (AvgIpc) is 2.98. The molecule has 0 saturated carbocycles. The van der Waals surface area contributed by atoms with Crippen molar-refractivity contribution in [3.05, 3.63) is 29.7 Å². The van der Waals surface area contributed by atoms with Crippen LogP contribution in [0.1, 0.15) is 23.8 Å². The third kappa shape index (κ3) is 4.07. The summed E-state index contributed by atoms with van der Waals surface area (Å²) in [5.41, 5.74) is 1.08. The molecule has 0 saturated heterocycles. The molecule has 7 heteroatoms. The lowest BCUT2D eigenvalue weighted by Gasteiger charge is -2.03. The summed E-state index contributed by atoms with van der Waals surface area (Å²) in [6.45, 7) is 3.87. The van der Waals surface area contributed by atoms with E-state index in [1.807, 2.05) is 6.92 Å². The summed E-state index contributed by atoms with van der Waals surface area (Å²) in [5, 5.41) is 5.23. The number of rotatable bonds is 7. The van der Waals surface area contributed by atoms with Crippen LogP contribution in [0, 0.1) is 0 Å². The van der Waals surface area contributed by atoms with Crippen LogP contribution >= 0.6 is 11.3 Å². The lowest BCUT2D eigenvalue weighted by atomic mass is 10.4. The number of nitrogens with zero attached hydrogens (tertiary/aromatic N) is 3. The van der Waals surface area contributed by atoms with Gasteiger partial charge in [0.2, 0.25) is 0 Å². The summed E-state index contributed by atoms with van der Waals surface area (Å²) in [5.74, 6) is -0.173. The van der Waals surface area contributed by atoms with Crippen molar-refractivity contribution < 1.29 is 9.53 Å². The molecule has 0 aliphatic rings. The summed E-state index contributed by atoms with van der Waals surface area (Å²) in [7, 11) is 0. The predicted molar refractivity (Wildman–Crippen MR) is 76.6 cm³/mol. The minimum atomic E-state index is -0.173. The van der Waals surface area contributed by atoms with Crippen molar-refractivity contribution in [2.45, 2.75) is 13.3 Å². The van der Waals surface area contributed by atoms with Crippen molar-refractivity contribution >= 4 is 17.2 Å². The van der Waals surface area contributed by atoms with E-state index in [1.54, 1.807) is 24.0 Å². The Hall–Kier alpha value is -1.86. The first kappa shape index (κ1) is 14.5. The Morgan fingerprint density at radius 2 is 2.35 bits per heavy atom. The largest absolute Gasteiger partial charge is 0.382 e. The zero-order valence-corrected chi connectivity index (χ0v) is 12.0. The number of hydrogen-bond acceptors (Lipinski definition) is 6. The second-order valence-corrected chi connectivity index (χ2v) is 4.79. The molecule has 0 spiro atoms. The highest BCUT2D eigenvalue weighted by atomic mass is 32.1. The molecule has 2 heterocycles. The van der Waals surface area contributed by atoms with Gasteiger partial charge in [-0.2, -0.15) is 0 Å². The summed E-state index contributed by atoms with van der Waals surface area (Å²) in [4.78, 5) is 24.3. The first-order chi connectivity index (χ1) is 9.81. The standard InChI is InChI=1S/C13H16N4O2S/c1-2-19-7-3-4-16-12(18)11-9-20-13(17-11)10-8-14-5-6-15-10/h5-6,8-9H,2-4,7H2,1H3,(H,16,18). The van der Waals surface area contributed by atoms with E-state index in [0.29, 0.717) is 36.2 Å². The van der Waals surface area contributed by atoms with Crippen LogP contribution in [0.3, 0.4) is 0 Å². The van der Waals surface area contributed by atoms with Crippen molar-refractivity contribution in [3.63, 3.8) is 0 Å². The number of aromatic nitrogens is 3. The molecule has 1 N–H and O–H groups in total. The molecule has 0 atom stereocenters. The minimum Gasteiger partial charge on any atom is -0.382 e. The Labute approximate surface area is 121 Å². The normalized spacial score (nSPS) is 10.4. The molecule has 0 aliphatic carbocycles. The van der Waals surface area contributed by atoms with E-state index in [0.717, 1.165) is 6.42 Å². The number of thiazole rings is 1. The van der Waals surface area contributed by atoms with Gasteiger partial charge in [0.05, 0.1) is 6.20 Å². The zero-order valence-electron chi connectivity index (χ0n) is 11.2. The highest BCUT2D eigenvalue weighted by Gasteiger charge is 2.11. The summed E-state index contributed by atoms with van der Waals surface area (Å²) < 4.78 is 5.20. The van der Waals surface area contributed by atoms with Crippen molar-refractivity contribution in [1.29, 1.82) is 0 Å². The number of ether oxygens (including phenoxy) is 1. The topological polar surface area (TPSA) is 77.0 Å². The van der Waals surface area contributed by atoms with Crippen LogP contribution < -0.4 is 5.32 Å². The highest BCUT2D eigenvalue weighted by molar-refractivity contribution is 7.13. The minimum absolute atomic E-state index is 0.173. The fourth-order valence-electron chi connectivity index (χ4n) is 1.52. The van der Waals surface area contributed by atoms with Gasteiger partial charge in [0.25, 0.3) is 5.91 Å². The van der Waals surface area contributed by atoms with Crippen LogP contribution in [0.25, 0.3) is 10.7 Å². The number of carbonyl (C=O) groups excluding carboxylic acids is 1. The first-order valence-corrected chi connectivity index (χ1v) is 7.27. The van der Waals surface area contributed by atoms with Gasteiger partial charge >= 0.3 is 0 Å². The molecular formula is C13H16N4O2S. The van der Waals surface area contributed by atoms with Crippen LogP contribution in [0.15, 0.2) is 24.0 Å². The molecule has 1 amide bonds. The van der Waals surface area contributed by atoms with Gasteiger partial charge in [-0.25, -0.2) is 4.98 Å². The van der Waals surface area contributed by atoms with Crippen molar-refractivity contribution in [3.8, 4) is 10.7 Å². The lowest BCUT2D eigenvalue weighted by Crippen LogP contribution is -2.25. The van der Waals surface area contributed by atoms with Crippen molar-refractivity contribution in [2.75, 3.05) is 19.8 Å². The van der Waals surface area contributed by atoms with Gasteiger partial charge in [0.15, 0.2) is 0 Å². The van der Waals surface area contributed by atoms with Crippen LogP contribution in [-0.2, 0) is 4.74 Å². The van der Waals surface area contributed by atoms with Gasteiger partial charge in [0, 0.05) is 37.5 Å². The van der Waals surface area contributed by atoms with Gasteiger partial charge < -0.3 is 10.1 Å². The Balaban J connectivity index is 1.87. The van der Waals surface area contributed by atoms with Crippen LogP contribution in [-0.4, -0.2) is 40.6 Å². The fourth-order valence-corrected chi connectivity index (χ4v) is 2.28. The maximum atomic E-state index is 11.9. The second-order valence-electron chi connectivity index (χ2n) is 3.93. The summed E-state index contributed by atoms with van der Waals surface area (Å²) in [6, 6.07) is 0. The van der Waals surface area contributed by atoms with E-state index in [1.165, 1.54) is 11.3 Å². The molecule has 0 fully saturated rings. The maximum Gasteiger partial charge on any atom is 0.270 e. The Morgan fingerprint density at radius 3 is 3.10 bits per heavy atom. The molecular weight excluding hydrogens is 276 g/mol. The maximum absolute atomic E-state index is 11.9. The SMILES string of the molecule is CCOCCCNC(=O)c1csc(-c2cnccn2)n1. The fraction of sp³-hybridized carbons (Fsp3) is 0.385. The van der Waals surface area contributed by atoms with Gasteiger partial charge in [0.1, 0.15) is 16.4 Å². The Bertz CT molecular complexity index is 544. The molecule has 2 aromatic heterocycles. The third-order valence-corrected chi connectivity index (χ3v) is 3.34. The monoisotopic (exact) mass is 292 g/mol. The zero-order chi connectivity index (χ0) is 14.2. The van der Waals surface area contributed by atoms with E-state index in [2.05, 4.69) is 20.3 Å². The number of amides is 1. The second kappa shape index (κ2) is 7.66. The average molecular weight is 292 g/mol. The summed E-state index contributed by atoms with van der Waals surface area (Å²) in [6.07, 6.45) is 5.62. The number of nitrogens with one attached hydrogen (secondary N) is 1. The molecule has 0 aliphatic heterocycles. The molecule has 0 aromatic carbocycles. The van der Waals surface area contributed by atoms with Gasteiger partial charge in [-0.05, 0) is 13.3 Å². The smallest absolute Gasteiger partial charge is 0.270 e. The van der Waals surface area contributed by atoms with E-state index in [9.17, 15) is 4.79 Å². The van der Waals surface area contributed by atoms with Crippen molar-refractivity contribution in [2.24, 2.45) is 0 Å². The van der Waals surface area contributed by atoms with Crippen LogP contribution in [0.4, 0.5) is 0 Å². The van der Waals surface area contributed by atoms with Gasteiger partial charge in [-0.15, -0.1) is 11.3 Å². The molecule has 0 radical (unpaired) electrons. The summed E-state index contributed by atoms with van der Waals surface area (Å²) >= 11 is 1.38. The van der Waals surface area contributed by atoms with E-state index >= 15 is 0 Å². The molecule has 0 unspecified atom stereocenters. The molecule has 106 valence electrons. The third-order valence-electron chi connectivity index (χ3n) is 2.47. The molecule has 2 aromatic rings. The van der Waals surface area contributed by atoms with Crippen LogP contribution in [0.2, 0.25) is 0 Å². The van der Waals surface area contributed by atoms with Crippen LogP contribution in [0.5, 0.6) is 0 Å². The van der Waals surface area contributed by atoms with E-state index < -0.39 is 0 Å². The molecule has 0 bridgehead atoms. The quantitative estimate of drug-likeness (QED) is 0.787. The lowest BCUT2D eigenvalue weighted by molar-refractivity contribution is 0.0940. The highest BCUT2D eigenvalue weighted by Crippen LogP contribution is 2.20. The van der Waals surface area contributed by atoms with E-state index in [-0.39, 0.29) is 5.91 Å². The molecule has 6 nitrogen and oxygen atoms in total. The van der Waals surface area contributed by atoms with E-state index in [4.69, 9.17) is 4.74 Å². The molecule has 2 rings (SSSR count). The number of carbonyl (C=O) groups is 1. The first-order valence-electron chi connectivity index (χ1n) is 6.39. The Kier molecular flexibility index (Phi) is 5.57. The van der Waals surface area contributed by atoms with Gasteiger partial charge in [-0.3, -0.25) is 14.8 Å². The van der Waals surface area contributed by atoms with Crippen molar-refractivity contribution in [1.82, 2.24) is 20.3 Å².